The van der Waals surface area contributed by atoms with Gasteiger partial charge < -0.3 is 10.1 Å². The van der Waals surface area contributed by atoms with Crippen LogP contribution in [0.3, 0.4) is 0 Å². The molecule has 7 heteroatoms. The van der Waals surface area contributed by atoms with Crippen molar-refractivity contribution in [2.75, 3.05) is 11.9 Å². The molecule has 0 aliphatic carbocycles. The zero-order chi connectivity index (χ0) is 22.5. The number of ether oxygens (including phenoxy) is 1. The lowest BCUT2D eigenvalue weighted by Crippen LogP contribution is -2.31. The third kappa shape index (κ3) is 4.51. The monoisotopic (exact) mass is 429 g/mol. The molecular weight excluding hydrogens is 406 g/mol. The fraction of sp³-hybridized carbons (Fsp3) is 0.200. The van der Waals surface area contributed by atoms with Gasteiger partial charge in [0.15, 0.2) is 11.6 Å². The van der Waals surface area contributed by atoms with Gasteiger partial charge in [0.05, 0.1) is 11.1 Å². The number of fused-ring (bicyclic) bond motifs is 1. The molecule has 2 aromatic carbocycles. The summed E-state index contributed by atoms with van der Waals surface area (Å²) in [6.07, 6.45) is 2.07. The van der Waals surface area contributed by atoms with Gasteiger partial charge in [-0.2, -0.15) is 0 Å². The van der Waals surface area contributed by atoms with E-state index in [4.69, 9.17) is 4.74 Å². The Bertz CT molecular complexity index is 1140. The van der Waals surface area contributed by atoms with Crippen molar-refractivity contribution >= 4 is 23.5 Å². The number of carbonyl (C=O) groups is 3. The predicted octanol–water partition coefficient (Wildman–Crippen LogP) is 3.98. The second-order valence-corrected chi connectivity index (χ2v) is 7.52. The lowest BCUT2D eigenvalue weighted by Gasteiger charge is -2.14. The average Bonchev–Trinajstić information content (AvgIpc) is 3.04. The standard InChI is InChI=1S/C25H23N3O4/c1-17-8-2-3-9-18(17)16-32-21-12-6-14-26-23(21)27-22(29)13-7-15-28-24(30)19-10-4-5-11-20(19)25(28)31/h2-6,8-12,14H,7,13,15-16H2,1H3,(H,26,27,29). The van der Waals surface area contributed by atoms with Crippen molar-refractivity contribution in [1.29, 1.82) is 0 Å². The molecule has 1 N–H and O–H groups in total. The van der Waals surface area contributed by atoms with Gasteiger partial charge >= 0.3 is 0 Å². The van der Waals surface area contributed by atoms with E-state index in [2.05, 4.69) is 10.3 Å². The number of imide groups is 1. The Morgan fingerprint density at radius 3 is 2.38 bits per heavy atom. The van der Waals surface area contributed by atoms with Gasteiger partial charge in [-0.3, -0.25) is 19.3 Å². The summed E-state index contributed by atoms with van der Waals surface area (Å²) in [7, 11) is 0. The van der Waals surface area contributed by atoms with Gasteiger partial charge in [0.1, 0.15) is 6.61 Å². The number of hydrogen-bond donors (Lipinski definition) is 1. The van der Waals surface area contributed by atoms with E-state index in [0.29, 0.717) is 35.7 Å². The molecule has 2 heterocycles. The molecule has 0 fully saturated rings. The summed E-state index contributed by atoms with van der Waals surface area (Å²) in [6, 6.07) is 18.2. The molecule has 0 bridgehead atoms. The maximum Gasteiger partial charge on any atom is 0.261 e. The maximum atomic E-state index is 12.5. The number of aromatic nitrogens is 1. The molecular formula is C25H23N3O4. The highest BCUT2D eigenvalue weighted by molar-refractivity contribution is 6.21. The molecule has 1 aliphatic rings. The molecule has 0 saturated heterocycles. The molecule has 162 valence electrons. The third-order valence-corrected chi connectivity index (χ3v) is 5.34. The Kier molecular flexibility index (Phi) is 6.26. The normalized spacial score (nSPS) is 12.6. The lowest BCUT2D eigenvalue weighted by atomic mass is 10.1. The van der Waals surface area contributed by atoms with Crippen LogP contribution in [-0.2, 0) is 11.4 Å². The van der Waals surface area contributed by atoms with E-state index in [0.717, 1.165) is 11.1 Å². The minimum Gasteiger partial charge on any atom is -0.485 e. The van der Waals surface area contributed by atoms with E-state index in [-0.39, 0.29) is 30.7 Å². The Balaban J connectivity index is 1.31. The number of hydrogen-bond acceptors (Lipinski definition) is 5. The number of aryl methyl sites for hydroxylation is 1. The van der Waals surface area contributed by atoms with Crippen LogP contribution in [0, 0.1) is 6.92 Å². The fourth-order valence-corrected chi connectivity index (χ4v) is 3.56. The summed E-state index contributed by atoms with van der Waals surface area (Å²) >= 11 is 0. The van der Waals surface area contributed by atoms with Crippen molar-refractivity contribution in [2.45, 2.75) is 26.4 Å². The summed E-state index contributed by atoms with van der Waals surface area (Å²) in [5.74, 6) is -0.0810. The summed E-state index contributed by atoms with van der Waals surface area (Å²) in [5.41, 5.74) is 2.99. The van der Waals surface area contributed by atoms with Crippen LogP contribution in [0.2, 0.25) is 0 Å². The molecule has 0 unspecified atom stereocenters. The molecule has 0 atom stereocenters. The Hall–Kier alpha value is -4.00. The quantitative estimate of drug-likeness (QED) is 0.547. The van der Waals surface area contributed by atoms with Gasteiger partial charge in [-0.25, -0.2) is 4.98 Å². The molecule has 4 rings (SSSR count). The van der Waals surface area contributed by atoms with Crippen molar-refractivity contribution in [3.63, 3.8) is 0 Å². The van der Waals surface area contributed by atoms with Crippen molar-refractivity contribution in [3.8, 4) is 5.75 Å². The molecule has 1 aromatic heterocycles. The van der Waals surface area contributed by atoms with Crippen LogP contribution in [0.1, 0.15) is 44.7 Å². The zero-order valence-electron chi connectivity index (χ0n) is 17.7. The second kappa shape index (κ2) is 9.43. The number of pyridine rings is 1. The first-order chi connectivity index (χ1) is 15.5. The molecule has 0 saturated carbocycles. The molecule has 3 aromatic rings. The summed E-state index contributed by atoms with van der Waals surface area (Å²) in [6.45, 7) is 2.55. The summed E-state index contributed by atoms with van der Waals surface area (Å²) < 4.78 is 5.88. The van der Waals surface area contributed by atoms with E-state index in [9.17, 15) is 14.4 Å². The number of benzene rings is 2. The van der Waals surface area contributed by atoms with Gasteiger partial charge in [0.2, 0.25) is 5.91 Å². The molecule has 1 aliphatic heterocycles. The largest absolute Gasteiger partial charge is 0.485 e. The van der Waals surface area contributed by atoms with Crippen molar-refractivity contribution < 1.29 is 19.1 Å². The van der Waals surface area contributed by atoms with E-state index in [1.165, 1.54) is 4.90 Å². The average molecular weight is 429 g/mol. The third-order valence-electron chi connectivity index (χ3n) is 5.34. The zero-order valence-corrected chi connectivity index (χ0v) is 17.7. The first kappa shape index (κ1) is 21.2. The SMILES string of the molecule is Cc1ccccc1COc1cccnc1NC(=O)CCCN1C(=O)c2ccccc2C1=O. The van der Waals surface area contributed by atoms with E-state index < -0.39 is 0 Å². The van der Waals surface area contributed by atoms with Crippen LogP contribution in [0.5, 0.6) is 5.75 Å². The first-order valence-electron chi connectivity index (χ1n) is 10.4. The van der Waals surface area contributed by atoms with Gasteiger partial charge in [-0.1, -0.05) is 36.4 Å². The molecule has 0 radical (unpaired) electrons. The molecule has 7 nitrogen and oxygen atoms in total. The number of carbonyl (C=O) groups excluding carboxylic acids is 3. The van der Waals surface area contributed by atoms with E-state index in [1.54, 1.807) is 42.6 Å². The summed E-state index contributed by atoms with van der Waals surface area (Å²) in [4.78, 5) is 42.7. The van der Waals surface area contributed by atoms with Gasteiger partial charge in [-0.05, 0) is 48.7 Å². The molecule has 0 spiro atoms. The molecule has 32 heavy (non-hydrogen) atoms. The number of nitrogens with zero attached hydrogens (tertiary/aromatic N) is 2. The number of anilines is 1. The minimum absolute atomic E-state index is 0.140. The smallest absolute Gasteiger partial charge is 0.261 e. The van der Waals surface area contributed by atoms with Gasteiger partial charge in [-0.15, -0.1) is 0 Å². The topological polar surface area (TPSA) is 88.6 Å². The number of nitrogens with one attached hydrogen (secondary N) is 1. The highest BCUT2D eigenvalue weighted by Gasteiger charge is 2.34. The minimum atomic E-state index is -0.317. The highest BCUT2D eigenvalue weighted by atomic mass is 16.5. The Morgan fingerprint density at radius 1 is 0.969 bits per heavy atom. The fourth-order valence-electron chi connectivity index (χ4n) is 3.56. The van der Waals surface area contributed by atoms with Crippen LogP contribution >= 0.6 is 0 Å². The van der Waals surface area contributed by atoms with Crippen LogP contribution in [0.15, 0.2) is 66.9 Å². The maximum absolute atomic E-state index is 12.5. The molecule has 3 amide bonds. The Morgan fingerprint density at radius 2 is 1.66 bits per heavy atom. The summed E-state index contributed by atoms with van der Waals surface area (Å²) in [5, 5.41) is 2.76. The predicted molar refractivity (Wildman–Crippen MR) is 119 cm³/mol. The van der Waals surface area contributed by atoms with Gasteiger partial charge in [0.25, 0.3) is 11.8 Å². The Labute approximate surface area is 186 Å². The van der Waals surface area contributed by atoms with Crippen LogP contribution in [-0.4, -0.2) is 34.2 Å². The van der Waals surface area contributed by atoms with E-state index in [1.807, 2.05) is 31.2 Å². The second-order valence-electron chi connectivity index (χ2n) is 7.52. The van der Waals surface area contributed by atoms with Crippen LogP contribution in [0.4, 0.5) is 5.82 Å². The van der Waals surface area contributed by atoms with Crippen LogP contribution < -0.4 is 10.1 Å². The highest BCUT2D eigenvalue weighted by Crippen LogP contribution is 2.24. The van der Waals surface area contributed by atoms with E-state index >= 15 is 0 Å². The van der Waals surface area contributed by atoms with Crippen molar-refractivity contribution in [2.24, 2.45) is 0 Å². The van der Waals surface area contributed by atoms with Crippen molar-refractivity contribution in [1.82, 2.24) is 9.88 Å². The first-order valence-corrected chi connectivity index (χ1v) is 10.4. The van der Waals surface area contributed by atoms with Gasteiger partial charge in [0, 0.05) is 19.2 Å². The lowest BCUT2D eigenvalue weighted by molar-refractivity contribution is -0.116. The van der Waals surface area contributed by atoms with Crippen LogP contribution in [0.25, 0.3) is 0 Å². The van der Waals surface area contributed by atoms with Crippen molar-refractivity contribution in [3.05, 3.63) is 89.1 Å². The number of rotatable bonds is 8. The number of amides is 3.